The van der Waals surface area contributed by atoms with Crippen LogP contribution in [0.5, 0.6) is 5.19 Å². The third-order valence-electron chi connectivity index (χ3n) is 2.74. The van der Waals surface area contributed by atoms with E-state index in [0.717, 1.165) is 12.8 Å². The Morgan fingerprint density at radius 2 is 2.50 bits per heavy atom. The van der Waals surface area contributed by atoms with Crippen LogP contribution in [0.15, 0.2) is 17.0 Å². The maximum absolute atomic E-state index is 11.6. The summed E-state index contributed by atoms with van der Waals surface area (Å²) in [5, 5.41) is 3.90. The largest absolute Gasteiger partial charge is 0.467 e. The summed E-state index contributed by atoms with van der Waals surface area (Å²) >= 11 is 1.30. The second kappa shape index (κ2) is 6.93. The Bertz CT molecular complexity index is 559. The molecule has 0 amide bonds. The Morgan fingerprint density at radius 1 is 1.70 bits per heavy atom. The van der Waals surface area contributed by atoms with E-state index >= 15 is 0 Å². The number of esters is 1. The number of hydrogen-bond acceptors (Lipinski definition) is 6. The predicted molar refractivity (Wildman–Crippen MR) is 74.1 cm³/mol. The van der Waals surface area contributed by atoms with Gasteiger partial charge in [-0.25, -0.2) is 9.78 Å². The molecule has 0 unspecified atom stereocenters. The summed E-state index contributed by atoms with van der Waals surface area (Å²) in [4.78, 5) is 19.0. The highest BCUT2D eigenvalue weighted by molar-refractivity contribution is 7.14. The van der Waals surface area contributed by atoms with Crippen LogP contribution in [0, 0.1) is 0 Å². The van der Waals surface area contributed by atoms with Gasteiger partial charge in [-0.1, -0.05) is 16.5 Å². The Kier molecular flexibility index (Phi) is 4.97. The van der Waals surface area contributed by atoms with Gasteiger partial charge in [0.1, 0.15) is 11.8 Å². The Labute approximate surface area is 119 Å². The second-order valence-electron chi connectivity index (χ2n) is 4.14. The van der Waals surface area contributed by atoms with Gasteiger partial charge in [0.2, 0.25) is 0 Å². The monoisotopic (exact) mass is 294 g/mol. The van der Waals surface area contributed by atoms with Crippen molar-refractivity contribution in [3.05, 3.63) is 27.2 Å². The molecule has 1 aromatic heterocycles. The molecular weight excluding hydrogens is 280 g/mol. The van der Waals surface area contributed by atoms with Gasteiger partial charge in [0.05, 0.1) is 11.5 Å². The number of carbonyl (C=O) groups is 1. The molecule has 1 heterocycles. The molecule has 0 spiro atoms. The molecule has 1 aliphatic rings. The summed E-state index contributed by atoms with van der Waals surface area (Å²) < 4.78 is 10.4. The maximum Gasteiger partial charge on any atom is 0.340 e. The second-order valence-corrected chi connectivity index (χ2v) is 5.16. The van der Waals surface area contributed by atoms with Crippen LogP contribution in [0.3, 0.4) is 0 Å². The lowest BCUT2D eigenvalue weighted by Gasteiger charge is -2.24. The lowest BCUT2D eigenvalue weighted by atomic mass is 9.96. The summed E-state index contributed by atoms with van der Waals surface area (Å²) in [5.41, 5.74) is 8.38. The van der Waals surface area contributed by atoms with Crippen molar-refractivity contribution in [3.63, 3.8) is 0 Å². The maximum atomic E-state index is 11.6. The standard InChI is InChI=1S/C12H14N4O3S/c1-2-18-11(17)10(15-16-13)6-9-7-14-12(20-9)19-8-4-3-5-8/h6-8H,2-5H2,1H3. The molecule has 20 heavy (non-hydrogen) atoms. The zero-order chi connectivity index (χ0) is 14.4. The fraction of sp³-hybridized carbons (Fsp3) is 0.500. The molecule has 1 fully saturated rings. The third kappa shape index (κ3) is 3.72. The van der Waals surface area contributed by atoms with Crippen molar-refractivity contribution in [1.29, 1.82) is 0 Å². The van der Waals surface area contributed by atoms with E-state index in [0.29, 0.717) is 10.1 Å². The number of azide groups is 1. The number of nitrogens with zero attached hydrogens (tertiary/aromatic N) is 4. The van der Waals surface area contributed by atoms with Crippen LogP contribution in [0.25, 0.3) is 16.5 Å². The zero-order valence-corrected chi connectivity index (χ0v) is 11.8. The molecular formula is C12H14N4O3S. The number of aromatic nitrogens is 1. The minimum Gasteiger partial charge on any atom is -0.467 e. The van der Waals surface area contributed by atoms with Crippen LogP contribution >= 0.6 is 11.3 Å². The van der Waals surface area contributed by atoms with Crippen molar-refractivity contribution >= 4 is 23.4 Å². The van der Waals surface area contributed by atoms with Crippen molar-refractivity contribution in [2.45, 2.75) is 32.3 Å². The molecule has 8 heteroatoms. The van der Waals surface area contributed by atoms with Crippen molar-refractivity contribution < 1.29 is 14.3 Å². The number of hydrogen-bond donors (Lipinski definition) is 0. The van der Waals surface area contributed by atoms with E-state index in [1.807, 2.05) is 0 Å². The molecule has 2 rings (SSSR count). The van der Waals surface area contributed by atoms with Gasteiger partial charge < -0.3 is 9.47 Å². The SMILES string of the molecule is CCOC(=O)C(=Cc1cnc(OC2CCC2)s1)N=[N+]=[N-]. The molecule has 1 aromatic rings. The molecule has 0 saturated heterocycles. The van der Waals surface area contributed by atoms with E-state index in [4.69, 9.17) is 15.0 Å². The van der Waals surface area contributed by atoms with Gasteiger partial charge in [-0.3, -0.25) is 0 Å². The highest BCUT2D eigenvalue weighted by atomic mass is 32.1. The van der Waals surface area contributed by atoms with E-state index in [-0.39, 0.29) is 18.4 Å². The van der Waals surface area contributed by atoms with E-state index in [2.05, 4.69) is 15.0 Å². The average molecular weight is 294 g/mol. The molecule has 0 radical (unpaired) electrons. The van der Waals surface area contributed by atoms with Gasteiger partial charge in [0.25, 0.3) is 5.19 Å². The Balaban J connectivity index is 2.09. The lowest BCUT2D eigenvalue weighted by molar-refractivity contribution is -0.138. The highest BCUT2D eigenvalue weighted by Gasteiger charge is 2.20. The quantitative estimate of drug-likeness (QED) is 0.264. The summed E-state index contributed by atoms with van der Waals surface area (Å²) in [6.07, 6.45) is 6.56. The van der Waals surface area contributed by atoms with Crippen molar-refractivity contribution in [2.75, 3.05) is 6.61 Å². The van der Waals surface area contributed by atoms with E-state index in [1.165, 1.54) is 23.8 Å². The van der Waals surface area contributed by atoms with Crippen LogP contribution in [-0.2, 0) is 9.53 Å². The van der Waals surface area contributed by atoms with Gasteiger partial charge in [-0.05, 0) is 37.8 Å². The van der Waals surface area contributed by atoms with Gasteiger partial charge in [0.15, 0.2) is 0 Å². The van der Waals surface area contributed by atoms with Gasteiger partial charge in [-0.2, -0.15) is 0 Å². The van der Waals surface area contributed by atoms with Crippen LogP contribution in [-0.4, -0.2) is 23.7 Å². The minimum atomic E-state index is -0.653. The van der Waals surface area contributed by atoms with Crippen molar-refractivity contribution in [2.24, 2.45) is 5.11 Å². The lowest BCUT2D eigenvalue weighted by Crippen LogP contribution is -2.24. The number of rotatable bonds is 6. The Morgan fingerprint density at radius 3 is 3.10 bits per heavy atom. The predicted octanol–water partition coefficient (Wildman–Crippen LogP) is 3.29. The van der Waals surface area contributed by atoms with Gasteiger partial charge in [-0.15, -0.1) is 0 Å². The van der Waals surface area contributed by atoms with Crippen LogP contribution in [0.2, 0.25) is 0 Å². The number of ether oxygens (including phenoxy) is 2. The van der Waals surface area contributed by atoms with E-state index in [1.54, 1.807) is 13.1 Å². The molecule has 0 atom stereocenters. The summed E-state index contributed by atoms with van der Waals surface area (Å²) in [5.74, 6) is -0.653. The van der Waals surface area contributed by atoms with E-state index < -0.39 is 5.97 Å². The molecule has 1 aliphatic carbocycles. The number of thiazole rings is 1. The topological polar surface area (TPSA) is 97.2 Å². The minimum absolute atomic E-state index is 0.0896. The van der Waals surface area contributed by atoms with Crippen LogP contribution in [0.1, 0.15) is 31.1 Å². The summed E-state index contributed by atoms with van der Waals surface area (Å²) in [6.45, 7) is 1.90. The first kappa shape index (κ1) is 14.4. The van der Waals surface area contributed by atoms with Crippen molar-refractivity contribution in [1.82, 2.24) is 4.98 Å². The van der Waals surface area contributed by atoms with E-state index in [9.17, 15) is 4.79 Å². The van der Waals surface area contributed by atoms with Crippen molar-refractivity contribution in [3.8, 4) is 5.19 Å². The summed E-state index contributed by atoms with van der Waals surface area (Å²) in [7, 11) is 0. The Hall–Kier alpha value is -2.05. The van der Waals surface area contributed by atoms with Gasteiger partial charge in [0, 0.05) is 11.1 Å². The first-order chi connectivity index (χ1) is 9.72. The first-order valence-electron chi connectivity index (χ1n) is 6.29. The molecule has 0 bridgehead atoms. The van der Waals surface area contributed by atoms with Gasteiger partial charge >= 0.3 is 5.97 Å². The fourth-order valence-corrected chi connectivity index (χ4v) is 2.31. The van der Waals surface area contributed by atoms with Crippen LogP contribution in [0.4, 0.5) is 0 Å². The molecule has 0 N–H and O–H groups in total. The molecule has 1 saturated carbocycles. The average Bonchev–Trinajstić information content (AvgIpc) is 2.81. The first-order valence-corrected chi connectivity index (χ1v) is 7.11. The summed E-state index contributed by atoms with van der Waals surface area (Å²) in [6, 6.07) is 0. The van der Waals surface area contributed by atoms with Crippen LogP contribution < -0.4 is 4.74 Å². The normalized spacial score (nSPS) is 15.2. The zero-order valence-electron chi connectivity index (χ0n) is 11.0. The highest BCUT2D eigenvalue weighted by Crippen LogP contribution is 2.29. The molecule has 106 valence electrons. The molecule has 0 aromatic carbocycles. The third-order valence-corrected chi connectivity index (χ3v) is 3.57. The fourth-order valence-electron chi connectivity index (χ4n) is 1.54. The molecule has 7 nitrogen and oxygen atoms in total. The number of carbonyl (C=O) groups excluding carboxylic acids is 1. The molecule has 0 aliphatic heterocycles. The smallest absolute Gasteiger partial charge is 0.340 e.